The van der Waals surface area contributed by atoms with E-state index in [9.17, 15) is 9.18 Å². The van der Waals surface area contributed by atoms with Gasteiger partial charge in [0, 0.05) is 11.4 Å². The van der Waals surface area contributed by atoms with Gasteiger partial charge in [-0.15, -0.1) is 0 Å². The third kappa shape index (κ3) is 3.11. The molecule has 0 saturated heterocycles. The lowest BCUT2D eigenvalue weighted by molar-refractivity contribution is 0.0989. The number of methoxy groups -OCH3 is 1. The van der Waals surface area contributed by atoms with E-state index in [4.69, 9.17) is 27.9 Å². The van der Waals surface area contributed by atoms with Crippen molar-refractivity contribution in [3.8, 4) is 5.75 Å². The molecule has 20 heavy (non-hydrogen) atoms. The quantitative estimate of drug-likeness (QED) is 0.773. The predicted molar refractivity (Wildman–Crippen MR) is 77.4 cm³/mol. The third-order valence-corrected chi connectivity index (χ3v) is 3.37. The minimum absolute atomic E-state index is 0.00615. The molecule has 2 aromatic carbocycles. The molecule has 0 atom stereocenters. The Bertz CT molecular complexity index is 656. The Labute approximate surface area is 126 Å². The Morgan fingerprint density at radius 3 is 2.70 bits per heavy atom. The summed E-state index contributed by atoms with van der Waals surface area (Å²) in [5, 5.41) is 0.411. The van der Waals surface area contributed by atoms with Gasteiger partial charge in [0.05, 0.1) is 17.7 Å². The Balaban J connectivity index is 2.33. The highest BCUT2D eigenvalue weighted by atomic mass is 35.5. The van der Waals surface area contributed by atoms with E-state index in [1.807, 2.05) is 0 Å². The number of Topliss-reactive ketones (excluding diaryl/α,β-unsaturated/α-hetero) is 1. The van der Waals surface area contributed by atoms with E-state index in [-0.39, 0.29) is 22.8 Å². The van der Waals surface area contributed by atoms with Gasteiger partial charge < -0.3 is 4.74 Å². The van der Waals surface area contributed by atoms with Crippen molar-refractivity contribution in [3.05, 3.63) is 63.4 Å². The van der Waals surface area contributed by atoms with Crippen LogP contribution in [0.4, 0.5) is 4.39 Å². The molecule has 104 valence electrons. The Morgan fingerprint density at radius 2 is 2.00 bits per heavy atom. The summed E-state index contributed by atoms with van der Waals surface area (Å²) in [6.45, 7) is 0. The van der Waals surface area contributed by atoms with Crippen molar-refractivity contribution >= 4 is 29.0 Å². The van der Waals surface area contributed by atoms with E-state index in [2.05, 4.69) is 0 Å². The van der Waals surface area contributed by atoms with Gasteiger partial charge in [-0.05, 0) is 29.8 Å². The Hall–Kier alpha value is -1.58. The molecule has 0 amide bonds. The zero-order valence-electron chi connectivity index (χ0n) is 10.6. The van der Waals surface area contributed by atoms with Gasteiger partial charge in [0.15, 0.2) is 5.78 Å². The van der Waals surface area contributed by atoms with Crippen molar-refractivity contribution in [3.63, 3.8) is 0 Å². The molecular weight excluding hydrogens is 302 g/mol. The summed E-state index contributed by atoms with van der Waals surface area (Å²) in [4.78, 5) is 12.3. The molecule has 0 aliphatic heterocycles. The molecule has 0 N–H and O–H groups in total. The normalized spacial score (nSPS) is 10.4. The summed E-state index contributed by atoms with van der Waals surface area (Å²) >= 11 is 11.6. The van der Waals surface area contributed by atoms with Crippen LogP contribution in [-0.2, 0) is 6.42 Å². The van der Waals surface area contributed by atoms with Crippen LogP contribution in [0.25, 0.3) is 0 Å². The standard InChI is InChI=1S/C15H11Cl2FO2/c1-20-14-6-5-10(16)8-11(14)13(19)7-9-3-2-4-12(17)15(9)18/h2-6,8H,7H2,1H3. The fourth-order valence-corrected chi connectivity index (χ4v) is 2.22. The van der Waals surface area contributed by atoms with Crippen molar-refractivity contribution in [2.45, 2.75) is 6.42 Å². The number of hydrogen-bond acceptors (Lipinski definition) is 2. The first-order chi connectivity index (χ1) is 9.52. The summed E-state index contributed by atoms with van der Waals surface area (Å²) < 4.78 is 18.9. The highest BCUT2D eigenvalue weighted by Crippen LogP contribution is 2.25. The number of carbonyl (C=O) groups is 1. The maximum Gasteiger partial charge on any atom is 0.171 e. The van der Waals surface area contributed by atoms with Crippen LogP contribution in [0.15, 0.2) is 36.4 Å². The maximum absolute atomic E-state index is 13.8. The van der Waals surface area contributed by atoms with E-state index < -0.39 is 5.82 Å². The van der Waals surface area contributed by atoms with E-state index in [1.165, 1.54) is 25.3 Å². The van der Waals surface area contributed by atoms with Crippen LogP contribution in [-0.4, -0.2) is 12.9 Å². The number of rotatable bonds is 4. The Kier molecular flexibility index (Phi) is 4.63. The van der Waals surface area contributed by atoms with Crippen molar-refractivity contribution < 1.29 is 13.9 Å². The minimum atomic E-state index is -0.580. The molecule has 0 bridgehead atoms. The number of halogens is 3. The number of carbonyl (C=O) groups excluding carboxylic acids is 1. The highest BCUT2D eigenvalue weighted by molar-refractivity contribution is 6.31. The van der Waals surface area contributed by atoms with E-state index in [0.29, 0.717) is 16.3 Å². The van der Waals surface area contributed by atoms with Crippen LogP contribution in [0, 0.1) is 5.82 Å². The molecule has 0 aromatic heterocycles. The smallest absolute Gasteiger partial charge is 0.171 e. The molecule has 0 unspecified atom stereocenters. The second-order valence-electron chi connectivity index (χ2n) is 4.16. The van der Waals surface area contributed by atoms with Crippen LogP contribution in [0.5, 0.6) is 5.75 Å². The predicted octanol–water partition coefficient (Wildman–Crippen LogP) is 4.57. The molecule has 5 heteroatoms. The minimum Gasteiger partial charge on any atom is -0.496 e. The molecular formula is C15H11Cl2FO2. The van der Waals surface area contributed by atoms with Crippen LogP contribution >= 0.6 is 23.2 Å². The summed E-state index contributed by atoms with van der Waals surface area (Å²) in [6.07, 6.45) is -0.108. The van der Waals surface area contributed by atoms with Gasteiger partial charge in [-0.1, -0.05) is 35.3 Å². The lowest BCUT2D eigenvalue weighted by Gasteiger charge is -2.09. The maximum atomic E-state index is 13.8. The molecule has 2 rings (SSSR count). The first kappa shape index (κ1) is 14.8. The van der Waals surface area contributed by atoms with Crippen molar-refractivity contribution in [2.24, 2.45) is 0 Å². The molecule has 0 aliphatic carbocycles. The number of benzene rings is 2. The second-order valence-corrected chi connectivity index (χ2v) is 5.00. The Morgan fingerprint density at radius 1 is 1.25 bits per heavy atom. The lowest BCUT2D eigenvalue weighted by atomic mass is 10.0. The fraction of sp³-hybridized carbons (Fsp3) is 0.133. The summed E-state index contributed by atoms with van der Waals surface area (Å²) in [6, 6.07) is 9.29. The summed E-state index contributed by atoms with van der Waals surface area (Å²) in [5.41, 5.74) is 0.559. The average Bonchev–Trinajstić information content (AvgIpc) is 2.43. The van der Waals surface area contributed by atoms with Crippen LogP contribution in [0.3, 0.4) is 0 Å². The SMILES string of the molecule is COc1ccc(Cl)cc1C(=O)Cc1cccc(Cl)c1F. The second kappa shape index (κ2) is 6.25. The molecule has 2 nitrogen and oxygen atoms in total. The zero-order chi connectivity index (χ0) is 14.7. The average molecular weight is 313 g/mol. The largest absolute Gasteiger partial charge is 0.496 e. The van der Waals surface area contributed by atoms with Gasteiger partial charge in [-0.25, -0.2) is 4.39 Å². The van der Waals surface area contributed by atoms with Crippen molar-refractivity contribution in [1.82, 2.24) is 0 Å². The van der Waals surface area contributed by atoms with Crippen LogP contribution in [0.1, 0.15) is 15.9 Å². The molecule has 0 heterocycles. The van der Waals surface area contributed by atoms with Crippen molar-refractivity contribution in [2.75, 3.05) is 7.11 Å². The first-order valence-corrected chi connectivity index (χ1v) is 6.58. The van der Waals surface area contributed by atoms with E-state index in [0.717, 1.165) is 0 Å². The van der Waals surface area contributed by atoms with Crippen LogP contribution in [0.2, 0.25) is 10.0 Å². The van der Waals surface area contributed by atoms with Crippen molar-refractivity contribution in [1.29, 1.82) is 0 Å². The van der Waals surface area contributed by atoms with Gasteiger partial charge in [-0.3, -0.25) is 4.79 Å². The van der Waals surface area contributed by atoms with Gasteiger partial charge in [0.25, 0.3) is 0 Å². The van der Waals surface area contributed by atoms with Gasteiger partial charge >= 0.3 is 0 Å². The van der Waals surface area contributed by atoms with Gasteiger partial charge in [-0.2, -0.15) is 0 Å². The molecule has 2 aromatic rings. The van der Waals surface area contributed by atoms with Crippen LogP contribution < -0.4 is 4.74 Å². The highest BCUT2D eigenvalue weighted by Gasteiger charge is 2.16. The number of hydrogen-bond donors (Lipinski definition) is 0. The molecule has 0 saturated carbocycles. The number of ether oxygens (including phenoxy) is 1. The summed E-state index contributed by atoms with van der Waals surface area (Å²) in [5.74, 6) is -0.462. The fourth-order valence-electron chi connectivity index (χ4n) is 1.85. The van der Waals surface area contributed by atoms with E-state index in [1.54, 1.807) is 18.2 Å². The zero-order valence-corrected chi connectivity index (χ0v) is 12.1. The van der Waals surface area contributed by atoms with Gasteiger partial charge in [0.2, 0.25) is 0 Å². The third-order valence-electron chi connectivity index (χ3n) is 2.84. The number of ketones is 1. The molecule has 0 spiro atoms. The molecule has 0 aliphatic rings. The molecule has 0 fully saturated rings. The molecule has 0 radical (unpaired) electrons. The van der Waals surface area contributed by atoms with Gasteiger partial charge in [0.1, 0.15) is 11.6 Å². The van der Waals surface area contributed by atoms with E-state index >= 15 is 0 Å². The first-order valence-electron chi connectivity index (χ1n) is 5.82. The lowest BCUT2D eigenvalue weighted by Crippen LogP contribution is -2.07. The monoisotopic (exact) mass is 312 g/mol. The summed E-state index contributed by atoms with van der Waals surface area (Å²) in [7, 11) is 1.46. The topological polar surface area (TPSA) is 26.3 Å².